The SMILES string of the molecule is CC1(C)C(=O)OC(=O)C1OC(=O)C(F)(F)F. The Morgan fingerprint density at radius 1 is 1.38 bits per heavy atom. The van der Waals surface area contributed by atoms with Crippen LogP contribution in [0.25, 0.3) is 0 Å². The molecule has 0 aliphatic carbocycles. The third kappa shape index (κ3) is 2.00. The zero-order valence-electron chi connectivity index (χ0n) is 8.25. The van der Waals surface area contributed by atoms with Crippen LogP contribution in [0.15, 0.2) is 0 Å². The number of alkyl halides is 3. The Labute approximate surface area is 87.5 Å². The van der Waals surface area contributed by atoms with Crippen molar-refractivity contribution in [2.75, 3.05) is 0 Å². The molecule has 1 rings (SSSR count). The Bertz CT molecular complexity index is 357. The maximum atomic E-state index is 11.9. The van der Waals surface area contributed by atoms with Crippen molar-refractivity contribution in [1.29, 1.82) is 0 Å². The molecule has 5 nitrogen and oxygen atoms in total. The molecule has 1 fully saturated rings. The van der Waals surface area contributed by atoms with E-state index in [0.717, 1.165) is 13.8 Å². The molecule has 1 heterocycles. The quantitative estimate of drug-likeness (QED) is 0.495. The van der Waals surface area contributed by atoms with E-state index < -0.39 is 35.6 Å². The minimum Gasteiger partial charge on any atom is -0.442 e. The summed E-state index contributed by atoms with van der Waals surface area (Å²) in [5, 5.41) is 0. The summed E-state index contributed by atoms with van der Waals surface area (Å²) in [5.41, 5.74) is -1.61. The van der Waals surface area contributed by atoms with E-state index in [1.807, 2.05) is 0 Å². The van der Waals surface area contributed by atoms with Gasteiger partial charge in [-0.3, -0.25) is 4.79 Å². The number of carbonyl (C=O) groups is 3. The van der Waals surface area contributed by atoms with Gasteiger partial charge in [0.1, 0.15) is 5.41 Å². The average Bonchev–Trinajstić information content (AvgIpc) is 2.27. The zero-order valence-corrected chi connectivity index (χ0v) is 8.25. The van der Waals surface area contributed by atoms with Crippen LogP contribution in [-0.2, 0) is 23.9 Å². The van der Waals surface area contributed by atoms with E-state index in [9.17, 15) is 27.6 Å². The normalized spacial score (nSPS) is 24.2. The van der Waals surface area contributed by atoms with E-state index in [1.165, 1.54) is 0 Å². The van der Waals surface area contributed by atoms with Crippen LogP contribution in [0, 0.1) is 5.41 Å². The van der Waals surface area contributed by atoms with Crippen LogP contribution in [0.1, 0.15) is 13.8 Å². The fourth-order valence-corrected chi connectivity index (χ4v) is 1.05. The minimum absolute atomic E-state index is 1.03. The first-order valence-corrected chi connectivity index (χ1v) is 4.10. The van der Waals surface area contributed by atoms with Crippen molar-refractivity contribution < 1.29 is 37.0 Å². The molecule has 0 aromatic rings. The first kappa shape index (κ1) is 12.5. The van der Waals surface area contributed by atoms with Crippen LogP contribution < -0.4 is 0 Å². The third-order valence-corrected chi connectivity index (χ3v) is 2.05. The summed E-state index contributed by atoms with van der Waals surface area (Å²) in [7, 11) is 0. The second-order valence-electron chi connectivity index (χ2n) is 3.71. The van der Waals surface area contributed by atoms with Gasteiger partial charge in [-0.1, -0.05) is 0 Å². The molecule has 1 saturated heterocycles. The van der Waals surface area contributed by atoms with Crippen LogP contribution in [-0.4, -0.2) is 30.2 Å². The van der Waals surface area contributed by atoms with Crippen LogP contribution in [0.3, 0.4) is 0 Å². The third-order valence-electron chi connectivity index (χ3n) is 2.05. The number of esters is 3. The van der Waals surface area contributed by atoms with E-state index in [1.54, 1.807) is 0 Å². The number of hydrogen-bond acceptors (Lipinski definition) is 5. The van der Waals surface area contributed by atoms with Crippen molar-refractivity contribution in [1.82, 2.24) is 0 Å². The van der Waals surface area contributed by atoms with Crippen molar-refractivity contribution >= 4 is 17.9 Å². The van der Waals surface area contributed by atoms with E-state index in [2.05, 4.69) is 9.47 Å². The molecule has 0 saturated carbocycles. The predicted molar refractivity (Wildman–Crippen MR) is 40.8 cm³/mol. The summed E-state index contributed by atoms with van der Waals surface area (Å²) in [6, 6.07) is 0. The lowest BCUT2D eigenvalue weighted by atomic mass is 9.89. The summed E-state index contributed by atoms with van der Waals surface area (Å²) in [5.74, 6) is -4.86. The van der Waals surface area contributed by atoms with Crippen molar-refractivity contribution in [2.45, 2.75) is 26.1 Å². The first-order chi connectivity index (χ1) is 7.06. The number of carbonyl (C=O) groups excluding carboxylic acids is 3. The average molecular weight is 240 g/mol. The van der Waals surface area contributed by atoms with Gasteiger partial charge < -0.3 is 9.47 Å². The topological polar surface area (TPSA) is 69.7 Å². The van der Waals surface area contributed by atoms with Gasteiger partial charge in [0.15, 0.2) is 0 Å². The molecule has 1 unspecified atom stereocenters. The highest BCUT2D eigenvalue weighted by Gasteiger charge is 2.56. The van der Waals surface area contributed by atoms with Gasteiger partial charge in [0.25, 0.3) is 0 Å². The second kappa shape index (κ2) is 3.46. The van der Waals surface area contributed by atoms with E-state index in [0.29, 0.717) is 0 Å². The van der Waals surface area contributed by atoms with Gasteiger partial charge in [0.2, 0.25) is 6.10 Å². The maximum Gasteiger partial charge on any atom is 0.490 e. The number of cyclic esters (lactones) is 2. The Morgan fingerprint density at radius 2 is 1.88 bits per heavy atom. The zero-order chi connectivity index (χ0) is 12.7. The van der Waals surface area contributed by atoms with Gasteiger partial charge in [0.05, 0.1) is 0 Å². The summed E-state index contributed by atoms with van der Waals surface area (Å²) in [6.07, 6.45) is -7.09. The van der Waals surface area contributed by atoms with Gasteiger partial charge in [-0.05, 0) is 13.8 Å². The van der Waals surface area contributed by atoms with Crippen molar-refractivity contribution in [3.8, 4) is 0 Å². The summed E-state index contributed by atoms with van der Waals surface area (Å²) in [4.78, 5) is 32.5. The fourth-order valence-electron chi connectivity index (χ4n) is 1.05. The molecule has 1 aliphatic rings. The molecule has 16 heavy (non-hydrogen) atoms. The number of rotatable bonds is 1. The predicted octanol–water partition coefficient (Wildman–Crippen LogP) is 0.570. The number of halogens is 3. The minimum atomic E-state index is -5.22. The molecule has 8 heteroatoms. The molecule has 1 atom stereocenters. The molecule has 0 N–H and O–H groups in total. The van der Waals surface area contributed by atoms with Crippen LogP contribution in [0.5, 0.6) is 0 Å². The van der Waals surface area contributed by atoms with Gasteiger partial charge in [0, 0.05) is 0 Å². The van der Waals surface area contributed by atoms with E-state index in [-0.39, 0.29) is 0 Å². The van der Waals surface area contributed by atoms with Crippen molar-refractivity contribution in [2.24, 2.45) is 5.41 Å². The van der Waals surface area contributed by atoms with Crippen LogP contribution >= 0.6 is 0 Å². The van der Waals surface area contributed by atoms with E-state index >= 15 is 0 Å². The number of hydrogen-bond donors (Lipinski definition) is 0. The Kier molecular flexibility index (Phi) is 2.70. The number of ether oxygens (including phenoxy) is 2. The van der Waals surface area contributed by atoms with Crippen molar-refractivity contribution in [3.63, 3.8) is 0 Å². The lowest BCUT2D eigenvalue weighted by Gasteiger charge is -2.20. The van der Waals surface area contributed by atoms with Gasteiger partial charge >= 0.3 is 24.1 Å². The molecule has 0 amide bonds. The lowest BCUT2D eigenvalue weighted by Crippen LogP contribution is -2.40. The van der Waals surface area contributed by atoms with Gasteiger partial charge in [-0.2, -0.15) is 13.2 Å². The van der Waals surface area contributed by atoms with Crippen LogP contribution in [0.4, 0.5) is 13.2 Å². The Hall–Kier alpha value is -1.60. The molecular weight excluding hydrogens is 233 g/mol. The first-order valence-electron chi connectivity index (χ1n) is 4.10. The molecule has 0 bridgehead atoms. The molecule has 0 aromatic heterocycles. The monoisotopic (exact) mass is 240 g/mol. The highest BCUT2D eigenvalue weighted by atomic mass is 19.4. The van der Waals surface area contributed by atoms with Gasteiger partial charge in [-0.25, -0.2) is 9.59 Å². The highest BCUT2D eigenvalue weighted by Crippen LogP contribution is 2.33. The summed E-state index contributed by atoms with van der Waals surface area (Å²) >= 11 is 0. The molecule has 1 aliphatic heterocycles. The summed E-state index contributed by atoms with van der Waals surface area (Å²) in [6.45, 7) is 2.29. The molecule has 90 valence electrons. The lowest BCUT2D eigenvalue weighted by molar-refractivity contribution is -0.208. The second-order valence-corrected chi connectivity index (χ2v) is 3.71. The smallest absolute Gasteiger partial charge is 0.442 e. The molecular formula is C8H7F3O5. The fraction of sp³-hybridized carbons (Fsp3) is 0.625. The van der Waals surface area contributed by atoms with E-state index in [4.69, 9.17) is 0 Å². The largest absolute Gasteiger partial charge is 0.490 e. The Balaban J connectivity index is 2.86. The van der Waals surface area contributed by atoms with Crippen LogP contribution in [0.2, 0.25) is 0 Å². The maximum absolute atomic E-state index is 11.9. The van der Waals surface area contributed by atoms with Crippen molar-refractivity contribution in [3.05, 3.63) is 0 Å². The standard InChI is InChI=1S/C8H7F3O5/c1-7(2)3(4(12)16-5(7)13)15-6(14)8(9,10)11/h3H,1-2H3. The van der Waals surface area contributed by atoms with Gasteiger partial charge in [-0.15, -0.1) is 0 Å². The molecule has 0 radical (unpaired) electrons. The summed E-state index contributed by atoms with van der Waals surface area (Å²) < 4.78 is 43.6. The Morgan fingerprint density at radius 3 is 2.19 bits per heavy atom. The highest BCUT2D eigenvalue weighted by molar-refractivity contribution is 6.01. The molecule has 0 spiro atoms. The molecule has 0 aromatic carbocycles.